The van der Waals surface area contributed by atoms with Crippen molar-refractivity contribution in [2.75, 3.05) is 17.3 Å². The number of nitrogen functional groups attached to an aromatic ring is 1. The van der Waals surface area contributed by atoms with Gasteiger partial charge in [0.15, 0.2) is 0 Å². The Hall–Kier alpha value is -1.50. The van der Waals surface area contributed by atoms with Crippen LogP contribution in [0.25, 0.3) is 0 Å². The molecule has 1 fully saturated rings. The fraction of sp³-hybridized carbons (Fsp3) is 0.600. The van der Waals surface area contributed by atoms with E-state index in [0.717, 1.165) is 12.8 Å². The second-order valence-electron chi connectivity index (χ2n) is 4.09. The van der Waals surface area contributed by atoms with E-state index >= 15 is 0 Å². The predicted octanol–water partition coefficient (Wildman–Crippen LogP) is 1.63. The summed E-state index contributed by atoms with van der Waals surface area (Å²) >= 11 is 0. The van der Waals surface area contributed by atoms with E-state index in [1.165, 1.54) is 0 Å². The van der Waals surface area contributed by atoms with Crippen molar-refractivity contribution in [3.8, 4) is 0 Å². The van der Waals surface area contributed by atoms with Crippen LogP contribution < -0.4 is 16.6 Å². The molecule has 0 unspecified atom stereocenters. The van der Waals surface area contributed by atoms with E-state index < -0.39 is 13.0 Å². The molecule has 0 aliphatic heterocycles. The first-order valence-corrected chi connectivity index (χ1v) is 5.49. The molecule has 1 heterocycles. The van der Waals surface area contributed by atoms with Gasteiger partial charge in [-0.1, -0.05) is 0 Å². The van der Waals surface area contributed by atoms with E-state index in [1.807, 2.05) is 0 Å². The first-order chi connectivity index (χ1) is 8.11. The van der Waals surface area contributed by atoms with Gasteiger partial charge < -0.3 is 10.7 Å². The first-order valence-electron chi connectivity index (χ1n) is 5.49. The number of hydrogen-bond donors (Lipinski definition) is 3. The number of halogens is 2. The second-order valence-corrected chi connectivity index (χ2v) is 4.09. The number of nitrogens with one attached hydrogen (secondary N) is 2. The van der Waals surface area contributed by atoms with Crippen LogP contribution in [0.15, 0.2) is 0 Å². The van der Waals surface area contributed by atoms with Gasteiger partial charge in [0.05, 0.1) is 6.54 Å². The lowest BCUT2D eigenvalue weighted by atomic mass is 10.3. The molecule has 1 aliphatic rings. The van der Waals surface area contributed by atoms with Crippen molar-refractivity contribution in [3.05, 3.63) is 11.4 Å². The Morgan fingerprint density at radius 3 is 2.53 bits per heavy atom. The van der Waals surface area contributed by atoms with Crippen molar-refractivity contribution in [2.45, 2.75) is 32.1 Å². The lowest BCUT2D eigenvalue weighted by Gasteiger charge is -2.13. The van der Waals surface area contributed by atoms with Gasteiger partial charge in [0.25, 0.3) is 6.43 Å². The maximum Gasteiger partial charge on any atom is 0.255 e. The van der Waals surface area contributed by atoms with Crippen molar-refractivity contribution in [1.82, 2.24) is 9.97 Å². The molecule has 0 aromatic carbocycles. The fourth-order valence-corrected chi connectivity index (χ4v) is 1.54. The van der Waals surface area contributed by atoms with Gasteiger partial charge in [-0.2, -0.15) is 0 Å². The molecule has 0 saturated heterocycles. The van der Waals surface area contributed by atoms with Crippen LogP contribution in [-0.4, -0.2) is 22.9 Å². The van der Waals surface area contributed by atoms with Gasteiger partial charge in [-0.15, -0.1) is 0 Å². The van der Waals surface area contributed by atoms with E-state index in [9.17, 15) is 8.78 Å². The van der Waals surface area contributed by atoms with Crippen LogP contribution in [0.3, 0.4) is 0 Å². The SMILES string of the molecule is Cc1c(NN)nc(C2CC2)nc1NCC(F)F. The Balaban J connectivity index is 2.24. The molecule has 1 saturated carbocycles. The van der Waals surface area contributed by atoms with Crippen LogP contribution in [0.2, 0.25) is 0 Å². The monoisotopic (exact) mass is 243 g/mol. The van der Waals surface area contributed by atoms with Crippen LogP contribution in [0.4, 0.5) is 20.4 Å². The summed E-state index contributed by atoms with van der Waals surface area (Å²) in [5.41, 5.74) is 3.12. The molecule has 0 atom stereocenters. The van der Waals surface area contributed by atoms with Crippen LogP contribution in [-0.2, 0) is 0 Å². The van der Waals surface area contributed by atoms with Crippen molar-refractivity contribution < 1.29 is 8.78 Å². The van der Waals surface area contributed by atoms with Crippen molar-refractivity contribution in [2.24, 2.45) is 5.84 Å². The van der Waals surface area contributed by atoms with Gasteiger partial charge in [-0.3, -0.25) is 0 Å². The fourth-order valence-electron chi connectivity index (χ4n) is 1.54. The molecule has 0 bridgehead atoms. The molecule has 1 aliphatic carbocycles. The molecule has 2 rings (SSSR count). The molecule has 17 heavy (non-hydrogen) atoms. The Labute approximate surface area is 97.8 Å². The average molecular weight is 243 g/mol. The lowest BCUT2D eigenvalue weighted by Crippen LogP contribution is -2.17. The van der Waals surface area contributed by atoms with E-state index in [1.54, 1.807) is 6.92 Å². The number of aromatic nitrogens is 2. The van der Waals surface area contributed by atoms with E-state index in [-0.39, 0.29) is 0 Å². The third kappa shape index (κ3) is 2.79. The minimum absolute atomic E-state index is 0.342. The lowest BCUT2D eigenvalue weighted by molar-refractivity contribution is 0.163. The Morgan fingerprint density at radius 2 is 2.00 bits per heavy atom. The summed E-state index contributed by atoms with van der Waals surface area (Å²) in [6.45, 7) is 1.31. The third-order valence-corrected chi connectivity index (χ3v) is 2.67. The molecule has 4 N–H and O–H groups in total. The van der Waals surface area contributed by atoms with Crippen LogP contribution in [0.1, 0.15) is 30.1 Å². The third-order valence-electron chi connectivity index (χ3n) is 2.67. The Morgan fingerprint density at radius 1 is 1.35 bits per heavy atom. The summed E-state index contributed by atoms with van der Waals surface area (Å²) in [7, 11) is 0. The normalized spacial score (nSPS) is 15.1. The number of nitrogens with two attached hydrogens (primary N) is 1. The summed E-state index contributed by atoms with van der Waals surface area (Å²) in [6.07, 6.45) is -0.328. The minimum Gasteiger partial charge on any atom is -0.364 e. The van der Waals surface area contributed by atoms with Crippen molar-refractivity contribution >= 4 is 11.6 Å². The molecule has 0 amide bonds. The molecular weight excluding hydrogens is 228 g/mol. The van der Waals surface area contributed by atoms with Gasteiger partial charge in [0.1, 0.15) is 17.5 Å². The molecule has 0 spiro atoms. The van der Waals surface area contributed by atoms with Gasteiger partial charge in [-0.25, -0.2) is 24.6 Å². The summed E-state index contributed by atoms with van der Waals surface area (Å²) in [4.78, 5) is 8.53. The Bertz CT molecular complexity index is 406. The van der Waals surface area contributed by atoms with Crippen LogP contribution in [0, 0.1) is 6.92 Å². The molecule has 5 nitrogen and oxygen atoms in total. The zero-order valence-corrected chi connectivity index (χ0v) is 9.50. The van der Waals surface area contributed by atoms with Crippen molar-refractivity contribution in [1.29, 1.82) is 0 Å². The molecule has 7 heteroatoms. The quantitative estimate of drug-likeness (QED) is 0.541. The largest absolute Gasteiger partial charge is 0.364 e. The highest BCUT2D eigenvalue weighted by molar-refractivity contribution is 5.57. The maximum absolute atomic E-state index is 12.2. The zero-order valence-electron chi connectivity index (χ0n) is 9.50. The number of alkyl halides is 2. The van der Waals surface area contributed by atoms with Gasteiger partial charge in [-0.05, 0) is 19.8 Å². The number of rotatable bonds is 5. The second kappa shape index (κ2) is 4.79. The van der Waals surface area contributed by atoms with Gasteiger partial charge in [0.2, 0.25) is 0 Å². The van der Waals surface area contributed by atoms with Crippen molar-refractivity contribution in [3.63, 3.8) is 0 Å². The maximum atomic E-state index is 12.2. The predicted molar refractivity (Wildman–Crippen MR) is 61.0 cm³/mol. The molecular formula is C10H15F2N5. The molecule has 94 valence electrons. The summed E-state index contributed by atoms with van der Waals surface area (Å²) in [6, 6.07) is 0. The zero-order chi connectivity index (χ0) is 12.4. The minimum atomic E-state index is -2.41. The van der Waals surface area contributed by atoms with Crippen LogP contribution in [0.5, 0.6) is 0 Å². The Kier molecular flexibility index (Phi) is 3.37. The highest BCUT2D eigenvalue weighted by Gasteiger charge is 2.28. The number of anilines is 2. The average Bonchev–Trinajstić information content (AvgIpc) is 3.11. The van der Waals surface area contributed by atoms with E-state index in [0.29, 0.717) is 28.9 Å². The number of hydrazine groups is 1. The topological polar surface area (TPSA) is 75.9 Å². The number of nitrogens with zero attached hydrogens (tertiary/aromatic N) is 2. The van der Waals surface area contributed by atoms with E-state index in [4.69, 9.17) is 5.84 Å². The highest BCUT2D eigenvalue weighted by Crippen LogP contribution is 2.39. The smallest absolute Gasteiger partial charge is 0.255 e. The standard InChI is InChI=1S/C10H15F2N5/c1-5-8(14-4-7(11)12)15-10(6-2-3-6)16-9(5)17-13/h6-7H,2-4,13H2,1H3,(H2,14,15,16,17). The van der Waals surface area contributed by atoms with Gasteiger partial charge in [0, 0.05) is 11.5 Å². The molecule has 0 radical (unpaired) electrons. The summed E-state index contributed by atoms with van der Waals surface area (Å²) < 4.78 is 24.3. The summed E-state index contributed by atoms with van der Waals surface area (Å²) in [5.74, 6) is 7.27. The molecule has 1 aromatic rings. The van der Waals surface area contributed by atoms with Crippen LogP contribution >= 0.6 is 0 Å². The summed E-state index contributed by atoms with van der Waals surface area (Å²) in [5, 5.41) is 2.61. The van der Waals surface area contributed by atoms with E-state index in [2.05, 4.69) is 20.7 Å². The first kappa shape index (κ1) is 12.0. The number of hydrogen-bond acceptors (Lipinski definition) is 5. The van der Waals surface area contributed by atoms with Gasteiger partial charge >= 0.3 is 0 Å². The highest BCUT2D eigenvalue weighted by atomic mass is 19.3. The molecule has 1 aromatic heterocycles.